The quantitative estimate of drug-likeness (QED) is 0.127. The van der Waals surface area contributed by atoms with Crippen molar-refractivity contribution in [3.05, 3.63) is 16.8 Å². The van der Waals surface area contributed by atoms with Crippen molar-refractivity contribution in [3.8, 4) is 12.3 Å². The van der Waals surface area contributed by atoms with E-state index in [1.807, 2.05) is 0 Å². The Bertz CT molecular complexity index is 1240. The molecule has 0 bridgehead atoms. The topological polar surface area (TPSA) is 150 Å². The minimum absolute atomic E-state index is 0.0264. The zero-order chi connectivity index (χ0) is 27.4. The number of fused-ring (bicyclic) bond motifs is 1. The Balaban J connectivity index is 2.03. The van der Waals surface area contributed by atoms with Crippen molar-refractivity contribution in [2.75, 3.05) is 26.2 Å². The second kappa shape index (κ2) is 12.0. The van der Waals surface area contributed by atoms with Crippen LogP contribution in [0.5, 0.6) is 0 Å². The maximum atomic E-state index is 12.8. The smallest absolute Gasteiger partial charge is 0.356 e. The van der Waals surface area contributed by atoms with Gasteiger partial charge in [0.25, 0.3) is 0 Å². The molecular weight excluding hydrogens is 554 g/mol. The van der Waals surface area contributed by atoms with Gasteiger partial charge in [0, 0.05) is 13.8 Å². The zero-order valence-electron chi connectivity index (χ0n) is 20.4. The average molecular weight is 579 g/mol. The van der Waals surface area contributed by atoms with Gasteiger partial charge in [-0.15, -0.1) is 6.42 Å². The van der Waals surface area contributed by atoms with Gasteiger partial charge in [0.1, 0.15) is 18.0 Å². The molecule has 0 radical (unpaired) electrons. The highest BCUT2D eigenvalue weighted by molar-refractivity contribution is 7.53. The Morgan fingerprint density at radius 2 is 1.89 bits per heavy atom. The molecule has 0 amide bonds. The lowest BCUT2D eigenvalue weighted by atomic mass is 9.92. The fraction of sp³-hybridized carbons (Fsp3) is 0.571. The van der Waals surface area contributed by atoms with Gasteiger partial charge in [0.2, 0.25) is 17.0 Å². The Morgan fingerprint density at radius 3 is 2.46 bits per heavy atom. The molecule has 0 aromatic carbocycles. The second-order valence-corrected chi connectivity index (χ2v) is 10.3. The van der Waals surface area contributed by atoms with Gasteiger partial charge in [-0.25, -0.2) is 9.97 Å². The van der Waals surface area contributed by atoms with Crippen molar-refractivity contribution in [1.29, 1.82) is 0 Å². The zero-order valence-corrected chi connectivity index (χ0v) is 22.8. The van der Waals surface area contributed by atoms with Crippen molar-refractivity contribution >= 4 is 53.9 Å². The first-order valence-electron chi connectivity index (χ1n) is 11.0. The van der Waals surface area contributed by atoms with Crippen LogP contribution in [-0.2, 0) is 42.1 Å². The van der Waals surface area contributed by atoms with Crippen molar-refractivity contribution in [3.63, 3.8) is 0 Å². The third-order valence-corrected chi connectivity index (χ3v) is 7.33. The molecule has 1 saturated heterocycles. The number of imidazole rings is 1. The normalized spacial score (nSPS) is 23.6. The predicted octanol–water partition coefficient (Wildman–Crippen LogP) is 3.14. The summed E-state index contributed by atoms with van der Waals surface area (Å²) in [6.45, 7) is 5.49. The Hall–Kier alpha value is -2.30. The molecule has 2 aromatic heterocycles. The van der Waals surface area contributed by atoms with Crippen LogP contribution in [0.3, 0.4) is 0 Å². The molecule has 0 unspecified atom stereocenters. The van der Waals surface area contributed by atoms with E-state index in [0.717, 1.165) is 13.8 Å². The lowest BCUT2D eigenvalue weighted by Crippen LogP contribution is -2.53. The summed E-state index contributed by atoms with van der Waals surface area (Å²) in [6, 6.07) is 0. The highest BCUT2D eigenvalue weighted by Gasteiger charge is 2.62. The summed E-state index contributed by atoms with van der Waals surface area (Å²) in [6.07, 6.45) is 2.90. The van der Waals surface area contributed by atoms with Crippen LogP contribution >= 0.6 is 30.8 Å². The molecule has 0 aliphatic carbocycles. The van der Waals surface area contributed by atoms with E-state index in [9.17, 15) is 14.2 Å². The summed E-state index contributed by atoms with van der Waals surface area (Å²) < 4.78 is 47.4. The molecule has 16 heteroatoms. The van der Waals surface area contributed by atoms with E-state index in [1.54, 1.807) is 13.8 Å². The summed E-state index contributed by atoms with van der Waals surface area (Å²) >= 11 is 12.1. The van der Waals surface area contributed by atoms with Crippen LogP contribution in [0, 0.1) is 12.3 Å². The fourth-order valence-electron chi connectivity index (χ4n) is 3.82. The maximum Gasteiger partial charge on any atom is 0.356 e. The van der Waals surface area contributed by atoms with Gasteiger partial charge in [0.15, 0.2) is 17.0 Å². The highest BCUT2D eigenvalue weighted by atomic mass is 35.5. The first-order valence-corrected chi connectivity index (χ1v) is 13.5. The molecule has 13 nitrogen and oxygen atoms in total. The molecule has 1 fully saturated rings. The molecule has 4 atom stereocenters. The van der Waals surface area contributed by atoms with E-state index in [4.69, 9.17) is 57.6 Å². The number of carbonyl (C=O) groups is 2. The SMILES string of the molecule is C#C[C@@]1(OC(C)=O)[C@@H](COCP(=O)(OCC)OCC)O[C@@H](n2cnc3c(Cl)nc(Cl)nc32)[C@@H]1OC(C)=O. The number of halogens is 2. The van der Waals surface area contributed by atoms with Crippen molar-refractivity contribution in [1.82, 2.24) is 19.5 Å². The molecule has 2 aromatic rings. The third kappa shape index (κ3) is 6.23. The summed E-state index contributed by atoms with van der Waals surface area (Å²) in [7, 11) is -3.58. The number of esters is 2. The van der Waals surface area contributed by atoms with Gasteiger partial charge in [-0.2, -0.15) is 4.98 Å². The number of nitrogens with zero attached hydrogens (tertiary/aromatic N) is 4. The van der Waals surface area contributed by atoms with Crippen LogP contribution in [-0.4, -0.2) is 75.4 Å². The van der Waals surface area contributed by atoms with Crippen LogP contribution in [0.1, 0.15) is 33.9 Å². The minimum atomic E-state index is -3.58. The van der Waals surface area contributed by atoms with E-state index in [1.165, 1.54) is 10.9 Å². The number of hydrogen-bond acceptors (Lipinski definition) is 12. The monoisotopic (exact) mass is 578 g/mol. The Kier molecular flexibility index (Phi) is 9.52. The molecule has 37 heavy (non-hydrogen) atoms. The predicted molar refractivity (Wildman–Crippen MR) is 130 cm³/mol. The molecule has 0 N–H and O–H groups in total. The van der Waals surface area contributed by atoms with Crippen molar-refractivity contribution < 1.29 is 42.1 Å². The van der Waals surface area contributed by atoms with Gasteiger partial charge in [0.05, 0.1) is 26.1 Å². The van der Waals surface area contributed by atoms with E-state index < -0.39 is 49.9 Å². The van der Waals surface area contributed by atoms with E-state index in [-0.39, 0.29) is 41.4 Å². The van der Waals surface area contributed by atoms with E-state index in [2.05, 4.69) is 20.9 Å². The van der Waals surface area contributed by atoms with E-state index in [0.29, 0.717) is 0 Å². The average Bonchev–Trinajstić information content (AvgIpc) is 3.33. The minimum Gasteiger partial charge on any atom is -0.452 e. The first-order chi connectivity index (χ1) is 17.5. The summed E-state index contributed by atoms with van der Waals surface area (Å²) in [5, 5.41) is -0.201. The number of terminal acetylenes is 1. The number of aromatic nitrogens is 4. The maximum absolute atomic E-state index is 12.8. The molecule has 202 valence electrons. The molecule has 3 heterocycles. The van der Waals surface area contributed by atoms with Crippen LogP contribution in [0.2, 0.25) is 10.4 Å². The van der Waals surface area contributed by atoms with Gasteiger partial charge in [-0.05, 0) is 25.4 Å². The van der Waals surface area contributed by atoms with Crippen molar-refractivity contribution in [2.24, 2.45) is 0 Å². The molecule has 1 aliphatic heterocycles. The van der Waals surface area contributed by atoms with E-state index >= 15 is 0 Å². The number of hydrogen-bond donors (Lipinski definition) is 0. The van der Waals surface area contributed by atoms with Crippen molar-refractivity contribution in [2.45, 2.75) is 51.7 Å². The van der Waals surface area contributed by atoms with Crippen LogP contribution < -0.4 is 0 Å². The van der Waals surface area contributed by atoms with Gasteiger partial charge in [-0.1, -0.05) is 17.5 Å². The molecular formula is C21H25Cl2N4O9P. The number of ether oxygens (including phenoxy) is 4. The Labute approximate surface area is 222 Å². The Morgan fingerprint density at radius 1 is 1.22 bits per heavy atom. The molecule has 0 spiro atoms. The van der Waals surface area contributed by atoms with Crippen LogP contribution in [0.4, 0.5) is 0 Å². The largest absolute Gasteiger partial charge is 0.452 e. The second-order valence-electron chi connectivity index (χ2n) is 7.63. The number of rotatable bonds is 11. The standard InChI is InChI=1S/C21H25Cl2N4O9P/c1-6-21(36-13(5)29)14(9-31-11-37(30,32-7-2)33-8-3)35-19(16(21)34-12(4)28)27-10-24-15-17(22)25-20(23)26-18(15)27/h1,10,14,16,19H,7-9,11H2,2-5H3/t14-,16+,19-,21-/m1/s1. The lowest BCUT2D eigenvalue weighted by molar-refractivity contribution is -0.175. The summed E-state index contributed by atoms with van der Waals surface area (Å²) in [5.41, 5.74) is -1.63. The molecule has 0 saturated carbocycles. The van der Waals surface area contributed by atoms with Gasteiger partial charge >= 0.3 is 19.5 Å². The lowest BCUT2D eigenvalue weighted by Gasteiger charge is -2.32. The highest BCUT2D eigenvalue weighted by Crippen LogP contribution is 2.49. The fourth-order valence-corrected chi connectivity index (χ4v) is 5.58. The summed E-state index contributed by atoms with van der Waals surface area (Å²) in [4.78, 5) is 36.4. The van der Waals surface area contributed by atoms with Gasteiger partial charge < -0.3 is 28.0 Å². The molecule has 3 rings (SSSR count). The molecule has 1 aliphatic rings. The first kappa shape index (κ1) is 29.3. The van der Waals surface area contributed by atoms with Gasteiger partial charge in [-0.3, -0.25) is 18.7 Å². The summed E-state index contributed by atoms with van der Waals surface area (Å²) in [5.74, 6) is 0.887. The van der Waals surface area contributed by atoms with Crippen LogP contribution in [0.25, 0.3) is 11.2 Å². The van der Waals surface area contributed by atoms with Crippen LogP contribution in [0.15, 0.2) is 6.33 Å². The third-order valence-electron chi connectivity index (χ3n) is 5.09. The number of carbonyl (C=O) groups excluding carboxylic acids is 2.